The summed E-state index contributed by atoms with van der Waals surface area (Å²) < 4.78 is 16.6. The van der Waals surface area contributed by atoms with Crippen molar-refractivity contribution < 1.29 is 14.2 Å². The van der Waals surface area contributed by atoms with E-state index in [1.165, 1.54) is 18.4 Å². The van der Waals surface area contributed by atoms with Crippen molar-refractivity contribution in [2.45, 2.75) is 18.9 Å². The normalized spacial score (nSPS) is 21.1. The van der Waals surface area contributed by atoms with Crippen LogP contribution in [0.4, 0.5) is 0 Å². The van der Waals surface area contributed by atoms with E-state index < -0.39 is 0 Å². The summed E-state index contributed by atoms with van der Waals surface area (Å²) in [6.45, 7) is 4.66. The zero-order chi connectivity index (χ0) is 14.2. The number of halogens is 2. The molecule has 7 heteroatoms. The highest BCUT2D eigenvalue weighted by Gasteiger charge is 2.38. The molecule has 1 atom stereocenters. The summed E-state index contributed by atoms with van der Waals surface area (Å²) in [6.07, 6.45) is 2.65. The van der Waals surface area contributed by atoms with Gasteiger partial charge in [0, 0.05) is 32.2 Å². The Kier molecular flexibility index (Phi) is 6.26. The number of hydrogen-bond acceptors (Lipinski definition) is 5. The lowest BCUT2D eigenvalue weighted by Gasteiger charge is -2.35. The molecule has 0 bridgehead atoms. The van der Waals surface area contributed by atoms with Crippen molar-refractivity contribution in [1.82, 2.24) is 10.2 Å². The maximum Gasteiger partial charge on any atom is 0.231 e. The summed E-state index contributed by atoms with van der Waals surface area (Å²) in [5.74, 6) is 3.13. The molecule has 3 aliphatic rings. The Morgan fingerprint density at radius 1 is 1.17 bits per heavy atom. The van der Waals surface area contributed by atoms with E-state index in [9.17, 15) is 0 Å². The van der Waals surface area contributed by atoms with Gasteiger partial charge in [0.2, 0.25) is 12.5 Å². The van der Waals surface area contributed by atoms with E-state index in [-0.39, 0.29) is 31.6 Å². The maximum absolute atomic E-state index is 5.59. The van der Waals surface area contributed by atoms with Crippen molar-refractivity contribution in [2.24, 2.45) is 5.92 Å². The second-order valence-electron chi connectivity index (χ2n) is 6.03. The summed E-state index contributed by atoms with van der Waals surface area (Å²) in [5, 5.41) is 3.43. The van der Waals surface area contributed by atoms with Gasteiger partial charge >= 0.3 is 0 Å². The van der Waals surface area contributed by atoms with Gasteiger partial charge in [-0.05, 0) is 36.5 Å². The number of rotatable bonds is 4. The first-order valence-corrected chi connectivity index (χ1v) is 7.79. The van der Waals surface area contributed by atoms with Gasteiger partial charge in [0.25, 0.3) is 0 Å². The summed E-state index contributed by atoms with van der Waals surface area (Å²) in [5.41, 5.74) is 1.31. The Morgan fingerprint density at radius 2 is 1.91 bits per heavy atom. The minimum atomic E-state index is 0. The van der Waals surface area contributed by atoms with Crippen molar-refractivity contribution in [3.8, 4) is 17.2 Å². The van der Waals surface area contributed by atoms with E-state index in [4.69, 9.17) is 14.2 Å². The smallest absolute Gasteiger partial charge is 0.231 e. The lowest BCUT2D eigenvalue weighted by Crippen LogP contribution is -2.45. The molecule has 130 valence electrons. The summed E-state index contributed by atoms with van der Waals surface area (Å²) >= 11 is 0. The molecule has 0 unspecified atom stereocenters. The number of nitrogens with zero attached hydrogens (tertiary/aromatic N) is 1. The molecule has 1 saturated carbocycles. The highest BCUT2D eigenvalue weighted by Crippen LogP contribution is 2.49. The second-order valence-corrected chi connectivity index (χ2v) is 6.03. The average molecular weight is 363 g/mol. The van der Waals surface area contributed by atoms with E-state index >= 15 is 0 Å². The van der Waals surface area contributed by atoms with Crippen LogP contribution in [0.5, 0.6) is 17.2 Å². The van der Waals surface area contributed by atoms with Gasteiger partial charge in [-0.3, -0.25) is 4.90 Å². The molecule has 1 aliphatic carbocycles. The molecule has 2 aliphatic heterocycles. The fourth-order valence-electron chi connectivity index (χ4n) is 3.47. The molecule has 0 amide bonds. The molecule has 1 aromatic carbocycles. The largest absolute Gasteiger partial charge is 0.493 e. The van der Waals surface area contributed by atoms with E-state index in [0.717, 1.165) is 49.3 Å². The maximum atomic E-state index is 5.59. The lowest BCUT2D eigenvalue weighted by molar-refractivity contribution is 0.155. The van der Waals surface area contributed by atoms with E-state index in [0.29, 0.717) is 6.04 Å². The highest BCUT2D eigenvalue weighted by molar-refractivity contribution is 5.85. The number of methoxy groups -OCH3 is 1. The Labute approximate surface area is 149 Å². The topological polar surface area (TPSA) is 43.0 Å². The molecule has 5 nitrogen and oxygen atoms in total. The van der Waals surface area contributed by atoms with Crippen LogP contribution >= 0.6 is 24.8 Å². The predicted octanol–water partition coefficient (Wildman–Crippen LogP) is 2.62. The molecule has 23 heavy (non-hydrogen) atoms. The molecule has 0 radical (unpaired) electrons. The van der Waals surface area contributed by atoms with Crippen molar-refractivity contribution in [3.63, 3.8) is 0 Å². The summed E-state index contributed by atoms with van der Waals surface area (Å²) in [7, 11) is 1.69. The molecule has 1 N–H and O–H groups in total. The first-order chi connectivity index (χ1) is 10.4. The van der Waals surface area contributed by atoms with Crippen LogP contribution < -0.4 is 19.5 Å². The monoisotopic (exact) mass is 362 g/mol. The van der Waals surface area contributed by atoms with Crippen LogP contribution in [0.25, 0.3) is 0 Å². The quantitative estimate of drug-likeness (QED) is 0.891. The van der Waals surface area contributed by atoms with Crippen molar-refractivity contribution in [1.29, 1.82) is 0 Å². The number of fused-ring (bicyclic) bond motifs is 1. The van der Waals surface area contributed by atoms with Crippen LogP contribution in [-0.4, -0.2) is 45.0 Å². The SMILES string of the molecule is COc1cc([C@@H](C2CC2)N2CCNCC2)cc2c1OCO2.Cl.Cl. The molecule has 0 aromatic heterocycles. The van der Waals surface area contributed by atoms with Crippen molar-refractivity contribution >= 4 is 24.8 Å². The van der Waals surface area contributed by atoms with E-state index in [1.807, 2.05) is 0 Å². The highest BCUT2D eigenvalue weighted by atomic mass is 35.5. The Morgan fingerprint density at radius 3 is 2.57 bits per heavy atom. The molecule has 2 heterocycles. The Bertz CT molecular complexity index is 534. The van der Waals surface area contributed by atoms with Gasteiger partial charge < -0.3 is 19.5 Å². The van der Waals surface area contributed by atoms with Crippen LogP contribution in [-0.2, 0) is 0 Å². The molecule has 4 rings (SSSR count). The van der Waals surface area contributed by atoms with Crippen LogP contribution in [0.2, 0.25) is 0 Å². The fraction of sp³-hybridized carbons (Fsp3) is 0.625. The number of benzene rings is 1. The average Bonchev–Trinajstić information content (AvgIpc) is 3.24. The van der Waals surface area contributed by atoms with Gasteiger partial charge in [-0.25, -0.2) is 0 Å². The van der Waals surface area contributed by atoms with Crippen LogP contribution in [0, 0.1) is 5.92 Å². The molecule has 1 aromatic rings. The minimum absolute atomic E-state index is 0. The molecule has 0 spiro atoms. The number of nitrogens with one attached hydrogen (secondary N) is 1. The van der Waals surface area contributed by atoms with Crippen molar-refractivity contribution in [3.05, 3.63) is 17.7 Å². The van der Waals surface area contributed by atoms with Gasteiger partial charge in [0.15, 0.2) is 11.5 Å². The van der Waals surface area contributed by atoms with Crippen LogP contribution in [0.1, 0.15) is 24.4 Å². The predicted molar refractivity (Wildman–Crippen MR) is 93.5 cm³/mol. The number of ether oxygens (including phenoxy) is 3. The third-order valence-electron chi connectivity index (χ3n) is 4.64. The van der Waals surface area contributed by atoms with Gasteiger partial charge in [-0.15, -0.1) is 24.8 Å². The molecule has 1 saturated heterocycles. The van der Waals surface area contributed by atoms with Gasteiger partial charge in [-0.2, -0.15) is 0 Å². The minimum Gasteiger partial charge on any atom is -0.493 e. The molecular formula is C16H24Cl2N2O3. The van der Waals surface area contributed by atoms with Crippen LogP contribution in [0.15, 0.2) is 12.1 Å². The standard InChI is InChI=1S/C16H22N2O3.2ClH/c1-19-13-8-12(9-14-16(13)21-10-20-14)15(11-2-3-11)18-6-4-17-5-7-18;;/h8-9,11,15,17H,2-7,10H2,1H3;2*1H/t15-;;/m1../s1. The van der Waals surface area contributed by atoms with Gasteiger partial charge in [0.1, 0.15) is 0 Å². The van der Waals surface area contributed by atoms with Crippen LogP contribution in [0.3, 0.4) is 0 Å². The lowest BCUT2D eigenvalue weighted by atomic mass is 9.98. The Hall–Kier alpha value is -0.880. The van der Waals surface area contributed by atoms with Gasteiger partial charge in [0.05, 0.1) is 7.11 Å². The van der Waals surface area contributed by atoms with Gasteiger partial charge in [-0.1, -0.05) is 0 Å². The summed E-state index contributed by atoms with van der Waals surface area (Å²) in [6, 6.07) is 4.77. The fourth-order valence-corrected chi connectivity index (χ4v) is 3.47. The number of piperazine rings is 1. The van der Waals surface area contributed by atoms with E-state index in [2.05, 4.69) is 22.3 Å². The second kappa shape index (κ2) is 7.79. The third-order valence-corrected chi connectivity index (χ3v) is 4.64. The molecule has 2 fully saturated rings. The number of hydrogen-bond donors (Lipinski definition) is 1. The first kappa shape index (κ1) is 18.5. The first-order valence-electron chi connectivity index (χ1n) is 7.79. The van der Waals surface area contributed by atoms with Crippen molar-refractivity contribution in [2.75, 3.05) is 40.1 Å². The zero-order valence-corrected chi connectivity index (χ0v) is 14.9. The van der Waals surface area contributed by atoms with E-state index in [1.54, 1.807) is 7.11 Å². The zero-order valence-electron chi connectivity index (χ0n) is 13.2. The Balaban J connectivity index is 0.000000960. The summed E-state index contributed by atoms with van der Waals surface area (Å²) in [4.78, 5) is 2.60. The third kappa shape index (κ3) is 3.63. The molecular weight excluding hydrogens is 339 g/mol.